The monoisotopic (exact) mass is 229 g/mol. The molecular formula is C15H19NO. The van der Waals surface area contributed by atoms with Gasteiger partial charge >= 0.3 is 0 Å². The maximum atomic E-state index is 9.27. The van der Waals surface area contributed by atoms with Crippen molar-refractivity contribution < 1.29 is 4.74 Å². The fourth-order valence-corrected chi connectivity index (χ4v) is 2.71. The molecule has 0 N–H and O–H groups in total. The summed E-state index contributed by atoms with van der Waals surface area (Å²) in [5, 5.41) is 9.27. The summed E-state index contributed by atoms with van der Waals surface area (Å²) in [6.45, 7) is 0. The number of nitriles is 1. The second kappa shape index (κ2) is 5.72. The topological polar surface area (TPSA) is 33.0 Å². The molecule has 0 bridgehead atoms. The number of rotatable bonds is 2. The molecule has 1 saturated carbocycles. The highest BCUT2D eigenvalue weighted by molar-refractivity contribution is 5.30. The predicted octanol–water partition coefficient (Wildman–Crippen LogP) is 3.88. The first-order valence-electron chi connectivity index (χ1n) is 6.38. The molecule has 2 nitrogen and oxygen atoms in total. The van der Waals surface area contributed by atoms with Crippen LogP contribution in [0.2, 0.25) is 0 Å². The lowest BCUT2D eigenvalue weighted by molar-refractivity contribution is 0.414. The van der Waals surface area contributed by atoms with Crippen molar-refractivity contribution in [3.8, 4) is 11.8 Å². The Morgan fingerprint density at radius 3 is 2.47 bits per heavy atom. The molecule has 0 amide bonds. The highest BCUT2D eigenvalue weighted by Crippen LogP contribution is 2.36. The summed E-state index contributed by atoms with van der Waals surface area (Å²) < 4.78 is 5.17. The third-order valence-electron chi connectivity index (χ3n) is 3.73. The van der Waals surface area contributed by atoms with Crippen LogP contribution in [-0.2, 0) is 0 Å². The molecule has 0 unspecified atom stereocenters. The van der Waals surface area contributed by atoms with Gasteiger partial charge in [-0.15, -0.1) is 0 Å². The molecule has 0 aromatic heterocycles. The Balaban J connectivity index is 2.19. The lowest BCUT2D eigenvalue weighted by Gasteiger charge is -2.19. The number of nitrogens with zero attached hydrogens (tertiary/aromatic N) is 1. The second-order valence-corrected chi connectivity index (χ2v) is 4.75. The molecule has 2 rings (SSSR count). The molecule has 2 atom stereocenters. The van der Waals surface area contributed by atoms with Crippen LogP contribution in [0, 0.1) is 17.2 Å². The Bertz CT molecular complexity index is 390. The maximum Gasteiger partial charge on any atom is 0.118 e. The van der Waals surface area contributed by atoms with Crippen molar-refractivity contribution >= 4 is 0 Å². The summed E-state index contributed by atoms with van der Waals surface area (Å²) in [5.41, 5.74) is 1.29. The van der Waals surface area contributed by atoms with Crippen LogP contribution in [0.3, 0.4) is 0 Å². The van der Waals surface area contributed by atoms with Gasteiger partial charge in [0.1, 0.15) is 5.75 Å². The number of benzene rings is 1. The minimum Gasteiger partial charge on any atom is -0.497 e. The number of methoxy groups -OCH3 is 1. The molecular weight excluding hydrogens is 210 g/mol. The van der Waals surface area contributed by atoms with Crippen molar-refractivity contribution in [2.24, 2.45) is 5.92 Å². The van der Waals surface area contributed by atoms with Gasteiger partial charge in [0.05, 0.1) is 19.1 Å². The van der Waals surface area contributed by atoms with Gasteiger partial charge in [-0.05, 0) is 36.5 Å². The van der Waals surface area contributed by atoms with E-state index in [2.05, 4.69) is 18.2 Å². The summed E-state index contributed by atoms with van der Waals surface area (Å²) in [4.78, 5) is 0. The zero-order chi connectivity index (χ0) is 12.1. The Hall–Kier alpha value is -1.49. The third-order valence-corrected chi connectivity index (χ3v) is 3.73. The molecule has 1 aromatic rings. The molecule has 1 aliphatic rings. The van der Waals surface area contributed by atoms with E-state index in [1.807, 2.05) is 12.1 Å². The number of hydrogen-bond donors (Lipinski definition) is 0. The van der Waals surface area contributed by atoms with Crippen LogP contribution in [-0.4, -0.2) is 7.11 Å². The molecule has 0 saturated heterocycles. The van der Waals surface area contributed by atoms with Crippen LogP contribution < -0.4 is 4.74 Å². The molecule has 0 radical (unpaired) electrons. The summed E-state index contributed by atoms with van der Waals surface area (Å²) in [7, 11) is 1.68. The van der Waals surface area contributed by atoms with E-state index in [1.54, 1.807) is 7.11 Å². The van der Waals surface area contributed by atoms with Crippen molar-refractivity contribution in [1.29, 1.82) is 5.26 Å². The Labute approximate surface area is 103 Å². The van der Waals surface area contributed by atoms with E-state index in [0.29, 0.717) is 5.92 Å². The van der Waals surface area contributed by atoms with Gasteiger partial charge < -0.3 is 4.74 Å². The Morgan fingerprint density at radius 2 is 1.82 bits per heavy atom. The van der Waals surface area contributed by atoms with Gasteiger partial charge in [-0.2, -0.15) is 5.26 Å². The maximum absolute atomic E-state index is 9.27. The summed E-state index contributed by atoms with van der Waals surface area (Å²) in [6, 6.07) is 10.7. The van der Waals surface area contributed by atoms with Crippen LogP contribution in [0.4, 0.5) is 0 Å². The van der Waals surface area contributed by atoms with Crippen LogP contribution >= 0.6 is 0 Å². The molecule has 1 fully saturated rings. The van der Waals surface area contributed by atoms with Gasteiger partial charge in [-0.1, -0.05) is 31.4 Å². The Kier molecular flexibility index (Phi) is 4.03. The standard InChI is InChI=1S/C15H19NO/c1-17-14-9-7-12(8-10-14)15-6-4-2-3-5-13(15)11-16/h7-10,13,15H,2-6H2,1H3/t13-,15+/m1/s1. The molecule has 0 heterocycles. The molecule has 0 aliphatic heterocycles. The number of ether oxygens (including phenoxy) is 1. The summed E-state index contributed by atoms with van der Waals surface area (Å²) >= 11 is 0. The van der Waals surface area contributed by atoms with Crippen molar-refractivity contribution in [2.75, 3.05) is 7.11 Å². The SMILES string of the molecule is COc1ccc([C@@H]2CCCCC[C@@H]2C#N)cc1. The quantitative estimate of drug-likeness (QED) is 0.721. The lowest BCUT2D eigenvalue weighted by Crippen LogP contribution is -2.09. The lowest BCUT2D eigenvalue weighted by atomic mass is 9.83. The minimum atomic E-state index is 0.186. The van der Waals surface area contributed by atoms with Crippen LogP contribution in [0.25, 0.3) is 0 Å². The second-order valence-electron chi connectivity index (χ2n) is 4.75. The first-order chi connectivity index (χ1) is 8.35. The van der Waals surface area contributed by atoms with Crippen LogP contribution in [0.15, 0.2) is 24.3 Å². The van der Waals surface area contributed by atoms with Gasteiger partial charge in [0.2, 0.25) is 0 Å². The first kappa shape index (κ1) is 12.0. The average Bonchev–Trinajstić information content (AvgIpc) is 2.64. The van der Waals surface area contributed by atoms with Crippen molar-refractivity contribution in [2.45, 2.75) is 38.0 Å². The van der Waals surface area contributed by atoms with E-state index in [9.17, 15) is 5.26 Å². The van der Waals surface area contributed by atoms with Gasteiger partial charge in [-0.25, -0.2) is 0 Å². The predicted molar refractivity (Wildman–Crippen MR) is 67.9 cm³/mol. The van der Waals surface area contributed by atoms with E-state index >= 15 is 0 Å². The largest absolute Gasteiger partial charge is 0.497 e. The van der Waals surface area contributed by atoms with Crippen LogP contribution in [0.5, 0.6) is 5.75 Å². The van der Waals surface area contributed by atoms with Crippen molar-refractivity contribution in [3.05, 3.63) is 29.8 Å². The summed E-state index contributed by atoms with van der Waals surface area (Å²) in [5.74, 6) is 1.48. The van der Waals surface area contributed by atoms with E-state index in [1.165, 1.54) is 24.8 Å². The van der Waals surface area contributed by atoms with Gasteiger partial charge in [0.15, 0.2) is 0 Å². The van der Waals surface area contributed by atoms with E-state index < -0.39 is 0 Å². The zero-order valence-corrected chi connectivity index (χ0v) is 10.4. The van der Waals surface area contributed by atoms with Crippen molar-refractivity contribution in [3.63, 3.8) is 0 Å². The molecule has 0 spiro atoms. The van der Waals surface area contributed by atoms with E-state index in [0.717, 1.165) is 18.6 Å². The smallest absolute Gasteiger partial charge is 0.118 e. The van der Waals surface area contributed by atoms with E-state index in [-0.39, 0.29) is 5.92 Å². The van der Waals surface area contributed by atoms with Gasteiger partial charge in [0.25, 0.3) is 0 Å². The molecule has 1 aliphatic carbocycles. The molecule has 90 valence electrons. The number of hydrogen-bond acceptors (Lipinski definition) is 2. The fourth-order valence-electron chi connectivity index (χ4n) is 2.71. The van der Waals surface area contributed by atoms with E-state index in [4.69, 9.17) is 4.74 Å². The fraction of sp³-hybridized carbons (Fsp3) is 0.533. The average molecular weight is 229 g/mol. The van der Waals surface area contributed by atoms with Crippen LogP contribution in [0.1, 0.15) is 43.6 Å². The van der Waals surface area contributed by atoms with Crippen molar-refractivity contribution in [1.82, 2.24) is 0 Å². The van der Waals surface area contributed by atoms with Gasteiger partial charge in [-0.3, -0.25) is 0 Å². The summed E-state index contributed by atoms with van der Waals surface area (Å²) in [6.07, 6.45) is 5.91. The molecule has 1 aromatic carbocycles. The van der Waals surface area contributed by atoms with Gasteiger partial charge in [0, 0.05) is 0 Å². The first-order valence-corrected chi connectivity index (χ1v) is 6.38. The third kappa shape index (κ3) is 2.79. The highest BCUT2D eigenvalue weighted by Gasteiger charge is 2.24. The molecule has 17 heavy (non-hydrogen) atoms. The minimum absolute atomic E-state index is 0.186. The zero-order valence-electron chi connectivity index (χ0n) is 10.4. The normalized spacial score (nSPS) is 24.7. The molecule has 2 heteroatoms. The highest BCUT2D eigenvalue weighted by atomic mass is 16.5. The Morgan fingerprint density at radius 1 is 1.12 bits per heavy atom.